The number of nitrogens with zero attached hydrogens (tertiary/aromatic N) is 2. The van der Waals surface area contributed by atoms with Gasteiger partial charge in [0.25, 0.3) is 5.56 Å². The fraction of sp³-hybridized carbons (Fsp3) is 0.222. The Morgan fingerprint density at radius 1 is 1.00 bits per heavy atom. The van der Waals surface area contributed by atoms with Gasteiger partial charge in [-0.2, -0.15) is 9.61 Å². The van der Waals surface area contributed by atoms with E-state index in [4.69, 9.17) is 4.42 Å². The first-order chi connectivity index (χ1) is 16.6. The van der Waals surface area contributed by atoms with Gasteiger partial charge in [0.05, 0.1) is 5.69 Å². The smallest absolute Gasteiger partial charge is 0.356 e. The Morgan fingerprint density at radius 3 is 2.47 bits per heavy atom. The lowest BCUT2D eigenvalue weighted by molar-refractivity contribution is 0.0690. The predicted molar refractivity (Wildman–Crippen MR) is 129 cm³/mol. The lowest BCUT2D eigenvalue weighted by Gasteiger charge is -2.23. The number of aromatic nitrogens is 3. The zero-order valence-electron chi connectivity index (χ0n) is 18.5. The number of carbonyl (C=O) groups is 1. The first-order valence-electron chi connectivity index (χ1n) is 11.6. The third-order valence-electron chi connectivity index (χ3n) is 6.77. The van der Waals surface area contributed by atoms with Crippen LogP contribution in [0.25, 0.3) is 39.2 Å². The molecule has 1 aliphatic rings. The molecule has 1 aliphatic carbocycles. The maximum absolute atomic E-state index is 13.5. The van der Waals surface area contributed by atoms with Gasteiger partial charge in [-0.15, -0.1) is 0 Å². The van der Waals surface area contributed by atoms with E-state index in [9.17, 15) is 14.7 Å². The van der Waals surface area contributed by atoms with Crippen molar-refractivity contribution in [3.05, 3.63) is 82.3 Å². The molecule has 2 N–H and O–H groups in total. The second-order valence-corrected chi connectivity index (χ2v) is 8.91. The number of aromatic carboxylic acids is 1. The molecule has 5 aromatic rings. The van der Waals surface area contributed by atoms with Crippen LogP contribution in [0.5, 0.6) is 0 Å². The zero-order valence-corrected chi connectivity index (χ0v) is 18.5. The minimum Gasteiger partial charge on any atom is -0.476 e. The lowest BCUT2D eigenvalue weighted by atomic mass is 9.83. The fourth-order valence-corrected chi connectivity index (χ4v) is 5.07. The van der Waals surface area contributed by atoms with E-state index >= 15 is 0 Å². The van der Waals surface area contributed by atoms with Gasteiger partial charge in [0.2, 0.25) is 0 Å². The third kappa shape index (κ3) is 3.41. The minimum atomic E-state index is -1.16. The number of carboxylic acids is 1. The molecule has 0 aliphatic heterocycles. The molecule has 7 heteroatoms. The molecule has 2 aromatic carbocycles. The highest BCUT2D eigenvalue weighted by Gasteiger charge is 2.25. The van der Waals surface area contributed by atoms with E-state index in [2.05, 4.69) is 10.1 Å². The molecule has 0 saturated heterocycles. The van der Waals surface area contributed by atoms with E-state index in [1.807, 2.05) is 54.6 Å². The number of hydrogen-bond acceptors (Lipinski definition) is 4. The molecule has 6 rings (SSSR count). The number of para-hydroxylation sites is 1. The van der Waals surface area contributed by atoms with Crippen molar-refractivity contribution in [2.45, 2.75) is 38.0 Å². The standard InChI is InChI=1S/C27H23N3O4/c31-26-24(17-6-2-1-3-7-17)25(28-23-15-20(27(32)33)29-30(23)26)18-12-10-16(11-13-18)22-14-19-8-4-5-9-21(19)34-22/h4-5,8-15,17,28H,1-3,6-7H2,(H,32,33). The van der Waals surface area contributed by atoms with Gasteiger partial charge in [0, 0.05) is 22.6 Å². The Bertz CT molecular complexity index is 1550. The van der Waals surface area contributed by atoms with Crippen LogP contribution in [0.2, 0.25) is 0 Å². The molecule has 0 spiro atoms. The van der Waals surface area contributed by atoms with E-state index in [1.165, 1.54) is 17.0 Å². The molecule has 1 saturated carbocycles. The van der Waals surface area contributed by atoms with E-state index in [0.717, 1.165) is 59.2 Å². The molecular weight excluding hydrogens is 430 g/mol. The summed E-state index contributed by atoms with van der Waals surface area (Å²) in [7, 11) is 0. The molecule has 3 heterocycles. The second-order valence-electron chi connectivity index (χ2n) is 8.91. The lowest BCUT2D eigenvalue weighted by Crippen LogP contribution is -2.25. The molecule has 0 bridgehead atoms. The van der Waals surface area contributed by atoms with E-state index in [-0.39, 0.29) is 17.2 Å². The van der Waals surface area contributed by atoms with Crippen molar-refractivity contribution >= 4 is 22.6 Å². The van der Waals surface area contributed by atoms with Crippen molar-refractivity contribution in [1.82, 2.24) is 14.6 Å². The fourth-order valence-electron chi connectivity index (χ4n) is 5.07. The van der Waals surface area contributed by atoms with Crippen molar-refractivity contribution in [2.75, 3.05) is 0 Å². The molecule has 7 nitrogen and oxygen atoms in total. The number of H-pyrrole nitrogens is 1. The third-order valence-corrected chi connectivity index (χ3v) is 6.77. The Balaban J connectivity index is 1.48. The number of carboxylic acid groups (broad SMARTS) is 1. The normalized spacial score (nSPS) is 14.7. The molecule has 1 fully saturated rings. The first-order valence-corrected chi connectivity index (χ1v) is 11.6. The predicted octanol–water partition coefficient (Wildman–Crippen LogP) is 5.85. The van der Waals surface area contributed by atoms with Gasteiger partial charge in [-0.25, -0.2) is 4.79 Å². The van der Waals surface area contributed by atoms with E-state index < -0.39 is 5.97 Å². The maximum atomic E-state index is 13.5. The molecule has 0 unspecified atom stereocenters. The van der Waals surface area contributed by atoms with E-state index in [1.54, 1.807) is 0 Å². The molecule has 34 heavy (non-hydrogen) atoms. The molecule has 0 atom stereocenters. The van der Waals surface area contributed by atoms with Crippen LogP contribution in [0.4, 0.5) is 0 Å². The van der Waals surface area contributed by atoms with Crippen LogP contribution >= 0.6 is 0 Å². The number of nitrogens with one attached hydrogen (secondary N) is 1. The number of fused-ring (bicyclic) bond motifs is 2. The highest BCUT2D eigenvalue weighted by atomic mass is 16.4. The van der Waals surface area contributed by atoms with Crippen molar-refractivity contribution < 1.29 is 14.3 Å². The van der Waals surface area contributed by atoms with Crippen LogP contribution < -0.4 is 5.56 Å². The molecular formula is C27H23N3O4. The second kappa shape index (κ2) is 8.02. The number of furan rings is 1. The minimum absolute atomic E-state index is 0.115. The zero-order chi connectivity index (χ0) is 23.2. The summed E-state index contributed by atoms with van der Waals surface area (Å²) in [5.74, 6) is -0.261. The summed E-state index contributed by atoms with van der Waals surface area (Å²) in [6.45, 7) is 0. The average molecular weight is 453 g/mol. The van der Waals surface area contributed by atoms with Crippen molar-refractivity contribution in [1.29, 1.82) is 0 Å². The maximum Gasteiger partial charge on any atom is 0.356 e. The number of rotatable bonds is 4. The summed E-state index contributed by atoms with van der Waals surface area (Å²) >= 11 is 0. The monoisotopic (exact) mass is 453 g/mol. The van der Waals surface area contributed by atoms with Gasteiger partial charge < -0.3 is 14.5 Å². The van der Waals surface area contributed by atoms with Gasteiger partial charge in [-0.1, -0.05) is 61.7 Å². The highest BCUT2D eigenvalue weighted by molar-refractivity contribution is 5.87. The Kier molecular flexibility index (Phi) is 4.83. The van der Waals surface area contributed by atoms with Crippen LogP contribution in [-0.2, 0) is 0 Å². The summed E-state index contributed by atoms with van der Waals surface area (Å²) in [5, 5.41) is 14.5. The topological polar surface area (TPSA) is 101 Å². The van der Waals surface area contributed by atoms with Crippen LogP contribution in [0.3, 0.4) is 0 Å². The molecule has 0 radical (unpaired) electrons. The average Bonchev–Trinajstić information content (AvgIpc) is 3.49. The van der Waals surface area contributed by atoms with Gasteiger partial charge >= 0.3 is 5.97 Å². The van der Waals surface area contributed by atoms with E-state index in [0.29, 0.717) is 11.2 Å². The number of aromatic amines is 1. The molecule has 3 aromatic heterocycles. The van der Waals surface area contributed by atoms with Crippen LogP contribution in [0, 0.1) is 0 Å². The SMILES string of the molecule is O=C(O)c1cc2[nH]c(-c3ccc(-c4cc5ccccc5o4)cc3)c(C3CCCCC3)c(=O)n2n1. The summed E-state index contributed by atoms with van der Waals surface area (Å²) in [6, 6.07) is 19.2. The van der Waals surface area contributed by atoms with Crippen LogP contribution in [0.1, 0.15) is 54.1 Å². The van der Waals surface area contributed by atoms with Gasteiger partial charge in [0.15, 0.2) is 5.69 Å². The van der Waals surface area contributed by atoms with Crippen LogP contribution in [-0.4, -0.2) is 25.7 Å². The molecule has 0 amide bonds. The van der Waals surface area contributed by atoms with Gasteiger partial charge in [-0.05, 0) is 36.5 Å². The summed E-state index contributed by atoms with van der Waals surface area (Å²) in [6.07, 6.45) is 5.19. The van der Waals surface area contributed by atoms with Gasteiger partial charge in [-0.3, -0.25) is 4.79 Å². The molecule has 170 valence electrons. The van der Waals surface area contributed by atoms with Crippen LogP contribution in [0.15, 0.2) is 69.9 Å². The number of hydrogen-bond donors (Lipinski definition) is 2. The Morgan fingerprint density at radius 2 is 1.74 bits per heavy atom. The summed E-state index contributed by atoms with van der Waals surface area (Å²) < 4.78 is 7.19. The Labute approximate surface area is 194 Å². The first kappa shape index (κ1) is 20.5. The van der Waals surface area contributed by atoms with Crippen molar-refractivity contribution in [3.63, 3.8) is 0 Å². The van der Waals surface area contributed by atoms with Crippen molar-refractivity contribution in [3.8, 4) is 22.6 Å². The number of benzene rings is 2. The Hall–Kier alpha value is -4.13. The van der Waals surface area contributed by atoms with Gasteiger partial charge in [0.1, 0.15) is 17.0 Å². The quantitative estimate of drug-likeness (QED) is 0.356. The summed E-state index contributed by atoms with van der Waals surface area (Å²) in [5.41, 5.74) is 4.05. The summed E-state index contributed by atoms with van der Waals surface area (Å²) in [4.78, 5) is 28.3. The highest BCUT2D eigenvalue weighted by Crippen LogP contribution is 2.36. The van der Waals surface area contributed by atoms with Crippen molar-refractivity contribution in [2.24, 2.45) is 0 Å². The largest absolute Gasteiger partial charge is 0.476 e.